The van der Waals surface area contributed by atoms with E-state index >= 15 is 0 Å². The van der Waals surface area contributed by atoms with Gasteiger partial charge in [0.15, 0.2) is 22.8 Å². The van der Waals surface area contributed by atoms with E-state index in [2.05, 4.69) is 10.6 Å². The Morgan fingerprint density at radius 2 is 1.75 bits per heavy atom. The van der Waals surface area contributed by atoms with Gasteiger partial charge in [-0.05, 0) is 55.0 Å². The first-order valence-corrected chi connectivity index (χ1v) is 9.83. The van der Waals surface area contributed by atoms with E-state index in [-0.39, 0.29) is 23.5 Å². The van der Waals surface area contributed by atoms with Crippen molar-refractivity contribution < 1.29 is 23.8 Å². The quantitative estimate of drug-likeness (QED) is 0.429. The van der Waals surface area contributed by atoms with E-state index in [1.807, 2.05) is 6.07 Å². The number of carbonyl (C=O) groups is 1. The first-order chi connectivity index (χ1) is 15.5. The lowest BCUT2D eigenvalue weighted by Crippen LogP contribution is -2.20. The number of hydrogen-bond acceptors (Lipinski definition) is 6. The normalized spacial score (nSPS) is 12.0. The van der Waals surface area contributed by atoms with E-state index in [0.29, 0.717) is 28.4 Å². The Bertz CT molecular complexity index is 1410. The van der Waals surface area contributed by atoms with E-state index in [1.54, 1.807) is 61.5 Å². The molecule has 0 fully saturated rings. The second-order valence-electron chi connectivity index (χ2n) is 7.31. The Balaban J connectivity index is 1.59. The summed E-state index contributed by atoms with van der Waals surface area (Å²) in [4.78, 5) is 25.5. The summed E-state index contributed by atoms with van der Waals surface area (Å²) in [6.07, 6.45) is 0. The van der Waals surface area contributed by atoms with Gasteiger partial charge in [-0.15, -0.1) is 0 Å². The Hall–Kier alpha value is -4.46. The van der Waals surface area contributed by atoms with Crippen molar-refractivity contribution in [2.24, 2.45) is 0 Å². The number of fused-ring (bicyclic) bond motifs is 2. The Morgan fingerprint density at radius 3 is 2.56 bits per heavy atom. The molecular formula is C24H18N2O6. The number of ether oxygens (including phenoxy) is 2. The van der Waals surface area contributed by atoms with Crippen molar-refractivity contribution in [1.82, 2.24) is 0 Å². The Labute approximate surface area is 182 Å². The lowest BCUT2D eigenvalue weighted by atomic mass is 10.1. The van der Waals surface area contributed by atoms with Gasteiger partial charge < -0.3 is 29.6 Å². The molecule has 8 heteroatoms. The zero-order valence-corrected chi connectivity index (χ0v) is 17.0. The van der Waals surface area contributed by atoms with Crippen molar-refractivity contribution in [3.8, 4) is 28.6 Å². The van der Waals surface area contributed by atoms with Crippen molar-refractivity contribution in [3.05, 3.63) is 76.5 Å². The third kappa shape index (κ3) is 3.47. The molecule has 1 aliphatic rings. The van der Waals surface area contributed by atoms with E-state index in [0.717, 1.165) is 5.56 Å². The molecule has 3 N–H and O–H groups in total. The molecule has 1 aliphatic heterocycles. The van der Waals surface area contributed by atoms with Gasteiger partial charge in [-0.2, -0.15) is 0 Å². The molecule has 8 nitrogen and oxygen atoms in total. The standard InChI is InChI=1S/C24H18N2O6/c1-13-9-16-20(27)21(28)22(14-7-8-18-19(11-14)31-12-30-18)32-23(16)17(10-13)26-24(29)25-15-5-3-2-4-6-15/h2-11,28H,12H2,1H3,(H2,25,26,29). The molecule has 160 valence electrons. The van der Waals surface area contributed by atoms with Crippen LogP contribution in [0.1, 0.15) is 5.56 Å². The summed E-state index contributed by atoms with van der Waals surface area (Å²) in [7, 11) is 0. The number of anilines is 2. The van der Waals surface area contributed by atoms with Crippen LogP contribution in [0.2, 0.25) is 0 Å². The molecule has 4 aromatic rings. The lowest BCUT2D eigenvalue weighted by Gasteiger charge is -2.13. The summed E-state index contributed by atoms with van der Waals surface area (Å²) in [5.74, 6) is 0.485. The van der Waals surface area contributed by atoms with Crippen molar-refractivity contribution in [2.75, 3.05) is 17.4 Å². The minimum Gasteiger partial charge on any atom is -0.502 e. The molecule has 0 radical (unpaired) electrons. The third-order valence-electron chi connectivity index (χ3n) is 5.03. The van der Waals surface area contributed by atoms with Crippen molar-refractivity contribution >= 4 is 28.4 Å². The second kappa shape index (κ2) is 7.66. The molecule has 0 saturated heterocycles. The van der Waals surface area contributed by atoms with Crippen LogP contribution in [0.5, 0.6) is 17.2 Å². The SMILES string of the molecule is Cc1cc(NC(=O)Nc2ccccc2)c2oc(-c3ccc4c(c3)OCO4)c(O)c(=O)c2c1. The molecule has 3 aromatic carbocycles. The highest BCUT2D eigenvalue weighted by atomic mass is 16.7. The van der Waals surface area contributed by atoms with Gasteiger partial charge in [0.05, 0.1) is 11.1 Å². The van der Waals surface area contributed by atoms with Crippen LogP contribution < -0.4 is 25.5 Å². The number of aromatic hydroxyl groups is 1. The maximum absolute atomic E-state index is 12.9. The number of benzene rings is 3. The Kier molecular flexibility index (Phi) is 4.67. The largest absolute Gasteiger partial charge is 0.502 e. The molecule has 0 spiro atoms. The minimum atomic E-state index is -0.603. The van der Waals surface area contributed by atoms with E-state index < -0.39 is 17.2 Å². The molecule has 5 rings (SSSR count). The number of amides is 2. The van der Waals surface area contributed by atoms with E-state index in [4.69, 9.17) is 13.9 Å². The van der Waals surface area contributed by atoms with Crippen molar-refractivity contribution in [1.29, 1.82) is 0 Å². The summed E-state index contributed by atoms with van der Waals surface area (Å²) in [5.41, 5.74) is 1.61. The number of aryl methyl sites for hydroxylation is 1. The first-order valence-electron chi connectivity index (χ1n) is 9.83. The van der Waals surface area contributed by atoms with Crippen LogP contribution in [0.25, 0.3) is 22.3 Å². The average Bonchev–Trinajstić information content (AvgIpc) is 3.25. The van der Waals surface area contributed by atoms with Gasteiger partial charge in [0, 0.05) is 11.3 Å². The molecule has 0 atom stereocenters. The highest BCUT2D eigenvalue weighted by Crippen LogP contribution is 2.39. The molecule has 2 heterocycles. The second-order valence-corrected chi connectivity index (χ2v) is 7.31. The minimum absolute atomic E-state index is 0.0313. The molecule has 0 unspecified atom stereocenters. The van der Waals surface area contributed by atoms with Crippen LogP contribution >= 0.6 is 0 Å². The Morgan fingerprint density at radius 1 is 0.969 bits per heavy atom. The number of hydrogen-bond donors (Lipinski definition) is 3. The predicted molar refractivity (Wildman–Crippen MR) is 120 cm³/mol. The van der Waals surface area contributed by atoms with Gasteiger partial charge in [0.1, 0.15) is 0 Å². The number of para-hydroxylation sites is 1. The fourth-order valence-corrected chi connectivity index (χ4v) is 3.57. The predicted octanol–water partition coefficient (Wildman–Crippen LogP) is 4.85. The number of urea groups is 1. The van der Waals surface area contributed by atoms with Gasteiger partial charge in [0.25, 0.3) is 0 Å². The zero-order chi connectivity index (χ0) is 22.2. The van der Waals surface area contributed by atoms with Crippen LogP contribution in [0.4, 0.5) is 16.2 Å². The fourth-order valence-electron chi connectivity index (χ4n) is 3.57. The third-order valence-corrected chi connectivity index (χ3v) is 5.03. The van der Waals surface area contributed by atoms with E-state index in [1.165, 1.54) is 0 Å². The lowest BCUT2D eigenvalue weighted by molar-refractivity contribution is 0.174. The van der Waals surface area contributed by atoms with Crippen molar-refractivity contribution in [3.63, 3.8) is 0 Å². The summed E-state index contributed by atoms with van der Waals surface area (Å²) in [6, 6.07) is 16.7. The highest BCUT2D eigenvalue weighted by molar-refractivity contribution is 6.05. The molecule has 0 saturated carbocycles. The van der Waals surface area contributed by atoms with Gasteiger partial charge >= 0.3 is 6.03 Å². The molecule has 1 aromatic heterocycles. The maximum atomic E-state index is 12.9. The van der Waals surface area contributed by atoms with Gasteiger partial charge in [-0.3, -0.25) is 4.79 Å². The summed E-state index contributed by atoms with van der Waals surface area (Å²) in [5, 5.41) is 16.2. The summed E-state index contributed by atoms with van der Waals surface area (Å²) < 4.78 is 16.7. The van der Waals surface area contributed by atoms with Gasteiger partial charge in [-0.25, -0.2) is 4.79 Å². The van der Waals surface area contributed by atoms with Crippen LogP contribution in [0.15, 0.2) is 69.9 Å². The maximum Gasteiger partial charge on any atom is 0.323 e. The number of rotatable bonds is 3. The monoisotopic (exact) mass is 430 g/mol. The molecule has 0 bridgehead atoms. The van der Waals surface area contributed by atoms with Crippen LogP contribution in [0.3, 0.4) is 0 Å². The topological polar surface area (TPSA) is 110 Å². The fraction of sp³-hybridized carbons (Fsp3) is 0.0833. The molecular weight excluding hydrogens is 412 g/mol. The molecule has 32 heavy (non-hydrogen) atoms. The average molecular weight is 430 g/mol. The number of carbonyl (C=O) groups excluding carboxylic acids is 1. The summed E-state index contributed by atoms with van der Waals surface area (Å²) >= 11 is 0. The zero-order valence-electron chi connectivity index (χ0n) is 17.0. The van der Waals surface area contributed by atoms with Crippen LogP contribution in [-0.4, -0.2) is 17.9 Å². The first kappa shape index (κ1) is 19.5. The smallest absolute Gasteiger partial charge is 0.323 e. The van der Waals surface area contributed by atoms with Crippen LogP contribution in [-0.2, 0) is 0 Å². The van der Waals surface area contributed by atoms with E-state index in [9.17, 15) is 14.7 Å². The molecule has 0 aliphatic carbocycles. The van der Waals surface area contributed by atoms with Gasteiger partial charge in [-0.1, -0.05) is 18.2 Å². The highest BCUT2D eigenvalue weighted by Gasteiger charge is 2.21. The molecule has 2 amide bonds. The van der Waals surface area contributed by atoms with Crippen LogP contribution in [0, 0.1) is 6.92 Å². The summed E-state index contributed by atoms with van der Waals surface area (Å²) in [6.45, 7) is 1.87. The van der Waals surface area contributed by atoms with Gasteiger partial charge in [0.2, 0.25) is 18.0 Å². The van der Waals surface area contributed by atoms with Crippen molar-refractivity contribution in [2.45, 2.75) is 6.92 Å². The number of nitrogens with one attached hydrogen (secondary N) is 2.